The van der Waals surface area contributed by atoms with Crippen LogP contribution in [0.3, 0.4) is 0 Å². The summed E-state index contributed by atoms with van der Waals surface area (Å²) in [4.78, 5) is 1.55. The summed E-state index contributed by atoms with van der Waals surface area (Å²) in [7, 11) is 0. The van der Waals surface area contributed by atoms with Crippen LogP contribution in [-0.4, -0.2) is 43.3 Å². The molecule has 0 aromatic carbocycles. The second-order valence-corrected chi connectivity index (χ2v) is 6.69. The van der Waals surface area contributed by atoms with E-state index in [1.165, 1.54) is 25.7 Å². The van der Waals surface area contributed by atoms with Gasteiger partial charge in [0, 0.05) is 12.6 Å². The molecule has 0 aromatic heterocycles. The molecule has 1 heterocycles. The van der Waals surface area contributed by atoms with Crippen LogP contribution in [0.25, 0.3) is 0 Å². The molecule has 1 saturated heterocycles. The molecule has 2 aliphatic carbocycles. The monoisotopic (exact) mass is 276 g/mol. The average molecular weight is 276 g/mol. The summed E-state index contributed by atoms with van der Waals surface area (Å²) < 4.78 is 36.9. The van der Waals surface area contributed by atoms with Crippen molar-refractivity contribution in [1.29, 1.82) is 0 Å². The lowest BCUT2D eigenvalue weighted by molar-refractivity contribution is -0.143. The van der Waals surface area contributed by atoms with Gasteiger partial charge in [-0.2, -0.15) is 13.2 Å². The molecule has 1 N–H and O–H groups in total. The summed E-state index contributed by atoms with van der Waals surface area (Å²) >= 11 is 0. The highest BCUT2D eigenvalue weighted by Gasteiger charge is 2.40. The fourth-order valence-corrected chi connectivity index (χ4v) is 4.29. The molecule has 5 heteroatoms. The summed E-state index contributed by atoms with van der Waals surface area (Å²) in [5.74, 6) is 2.17. The van der Waals surface area contributed by atoms with Gasteiger partial charge < -0.3 is 5.32 Å². The number of hydrogen-bond acceptors (Lipinski definition) is 2. The number of nitrogens with one attached hydrogen (secondary N) is 1. The van der Waals surface area contributed by atoms with Crippen molar-refractivity contribution in [2.45, 2.75) is 44.3 Å². The van der Waals surface area contributed by atoms with Crippen molar-refractivity contribution >= 4 is 0 Å². The van der Waals surface area contributed by atoms with E-state index in [1.54, 1.807) is 4.90 Å². The largest absolute Gasteiger partial charge is 0.401 e. The van der Waals surface area contributed by atoms with E-state index in [4.69, 9.17) is 0 Å². The van der Waals surface area contributed by atoms with E-state index in [9.17, 15) is 13.2 Å². The first kappa shape index (κ1) is 13.7. The van der Waals surface area contributed by atoms with Gasteiger partial charge in [0.25, 0.3) is 0 Å². The molecule has 0 spiro atoms. The zero-order valence-corrected chi connectivity index (χ0v) is 11.3. The van der Waals surface area contributed by atoms with Crippen LogP contribution >= 0.6 is 0 Å². The van der Waals surface area contributed by atoms with E-state index < -0.39 is 12.7 Å². The molecule has 4 atom stereocenters. The maximum atomic E-state index is 12.3. The van der Waals surface area contributed by atoms with E-state index in [0.29, 0.717) is 25.0 Å². The quantitative estimate of drug-likeness (QED) is 0.849. The maximum absolute atomic E-state index is 12.3. The van der Waals surface area contributed by atoms with Gasteiger partial charge in [0.05, 0.1) is 6.54 Å². The number of fused-ring (bicyclic) bond motifs is 2. The summed E-state index contributed by atoms with van der Waals surface area (Å²) in [6.45, 7) is 1.37. The third-order valence-electron chi connectivity index (χ3n) is 5.18. The Bertz CT molecular complexity index is 318. The topological polar surface area (TPSA) is 15.3 Å². The van der Waals surface area contributed by atoms with Gasteiger partial charge in [0.1, 0.15) is 0 Å². The molecule has 3 rings (SSSR count). The van der Waals surface area contributed by atoms with Crippen molar-refractivity contribution in [3.8, 4) is 0 Å². The van der Waals surface area contributed by atoms with Crippen molar-refractivity contribution in [2.75, 3.05) is 26.2 Å². The predicted molar refractivity (Wildman–Crippen MR) is 67.8 cm³/mol. The fraction of sp³-hybridized carbons (Fsp3) is 1.00. The lowest BCUT2D eigenvalue weighted by atomic mass is 9.95. The van der Waals surface area contributed by atoms with E-state index in [-0.39, 0.29) is 0 Å². The highest BCUT2D eigenvalue weighted by molar-refractivity contribution is 4.94. The zero-order valence-electron chi connectivity index (χ0n) is 11.3. The molecule has 2 nitrogen and oxygen atoms in total. The number of nitrogens with zero attached hydrogens (tertiary/aromatic N) is 1. The van der Waals surface area contributed by atoms with E-state index in [0.717, 1.165) is 24.8 Å². The minimum absolute atomic E-state index is 0.404. The van der Waals surface area contributed by atoms with Crippen molar-refractivity contribution in [3.63, 3.8) is 0 Å². The van der Waals surface area contributed by atoms with Crippen LogP contribution < -0.4 is 5.32 Å². The van der Waals surface area contributed by atoms with Gasteiger partial charge in [-0.3, -0.25) is 4.90 Å². The molecular weight excluding hydrogens is 253 g/mol. The van der Waals surface area contributed by atoms with Crippen LogP contribution in [0.2, 0.25) is 0 Å². The van der Waals surface area contributed by atoms with Gasteiger partial charge in [0.2, 0.25) is 0 Å². The Morgan fingerprint density at radius 2 is 1.95 bits per heavy atom. The second-order valence-electron chi connectivity index (χ2n) is 6.69. The fourth-order valence-electron chi connectivity index (χ4n) is 4.29. The van der Waals surface area contributed by atoms with Gasteiger partial charge in [-0.05, 0) is 56.5 Å². The summed E-state index contributed by atoms with van der Waals surface area (Å²) in [6, 6.07) is 0.649. The Morgan fingerprint density at radius 3 is 2.58 bits per heavy atom. The number of rotatable bonds is 4. The van der Waals surface area contributed by atoms with Crippen molar-refractivity contribution in [2.24, 2.45) is 17.8 Å². The van der Waals surface area contributed by atoms with Crippen molar-refractivity contribution < 1.29 is 13.2 Å². The Morgan fingerprint density at radius 1 is 1.11 bits per heavy atom. The molecule has 2 bridgehead atoms. The molecular formula is C14H23F3N2. The van der Waals surface area contributed by atoms with Gasteiger partial charge in [-0.1, -0.05) is 6.42 Å². The summed E-state index contributed by atoms with van der Waals surface area (Å²) in [5, 5.41) is 3.63. The Kier molecular flexibility index (Phi) is 3.78. The third-order valence-corrected chi connectivity index (χ3v) is 5.18. The van der Waals surface area contributed by atoms with Crippen LogP contribution in [-0.2, 0) is 0 Å². The first-order chi connectivity index (χ1) is 8.99. The molecule has 3 aliphatic rings. The lowest BCUT2D eigenvalue weighted by Crippen LogP contribution is -2.38. The van der Waals surface area contributed by atoms with E-state index >= 15 is 0 Å². The number of alkyl halides is 3. The Hall–Kier alpha value is -0.290. The highest BCUT2D eigenvalue weighted by Crippen LogP contribution is 2.44. The van der Waals surface area contributed by atoms with Crippen LogP contribution in [0.4, 0.5) is 13.2 Å². The molecule has 0 radical (unpaired) electrons. The molecule has 110 valence electrons. The molecule has 0 amide bonds. The molecule has 2 saturated carbocycles. The second kappa shape index (κ2) is 5.24. The third kappa shape index (κ3) is 3.43. The molecule has 0 aromatic rings. The smallest absolute Gasteiger partial charge is 0.313 e. The standard InChI is InChI=1S/C14H23F3N2/c15-14(16,17)9-19-4-3-11(8-19)7-18-13-6-10-1-2-12(13)5-10/h10-13,18H,1-9H2. The first-order valence-corrected chi connectivity index (χ1v) is 7.52. The number of halogens is 3. The van der Waals surface area contributed by atoms with Gasteiger partial charge in [-0.25, -0.2) is 0 Å². The Labute approximate surface area is 112 Å². The first-order valence-electron chi connectivity index (χ1n) is 7.52. The lowest BCUT2D eigenvalue weighted by Gasteiger charge is -2.25. The SMILES string of the molecule is FC(F)(F)CN1CCC(CNC2CC3CCC2C3)C1. The van der Waals surface area contributed by atoms with Crippen molar-refractivity contribution in [1.82, 2.24) is 10.2 Å². The minimum atomic E-state index is -4.05. The highest BCUT2D eigenvalue weighted by atomic mass is 19.4. The molecule has 1 aliphatic heterocycles. The predicted octanol–water partition coefficient (Wildman–Crippen LogP) is 2.65. The molecule has 4 unspecified atom stereocenters. The Balaban J connectivity index is 1.38. The minimum Gasteiger partial charge on any atom is -0.313 e. The summed E-state index contributed by atoms with van der Waals surface area (Å²) in [6.07, 6.45) is 2.28. The van der Waals surface area contributed by atoms with Gasteiger partial charge in [-0.15, -0.1) is 0 Å². The number of hydrogen-bond donors (Lipinski definition) is 1. The average Bonchev–Trinajstić information content (AvgIpc) is 2.99. The van der Waals surface area contributed by atoms with Crippen LogP contribution in [0, 0.1) is 17.8 Å². The zero-order chi connectivity index (χ0) is 13.5. The van der Waals surface area contributed by atoms with E-state index in [1.807, 2.05) is 0 Å². The van der Waals surface area contributed by atoms with Crippen LogP contribution in [0.1, 0.15) is 32.1 Å². The van der Waals surface area contributed by atoms with Gasteiger partial charge >= 0.3 is 6.18 Å². The van der Waals surface area contributed by atoms with Crippen LogP contribution in [0.15, 0.2) is 0 Å². The van der Waals surface area contributed by atoms with Gasteiger partial charge in [0.15, 0.2) is 0 Å². The molecule has 19 heavy (non-hydrogen) atoms. The van der Waals surface area contributed by atoms with Crippen LogP contribution in [0.5, 0.6) is 0 Å². The molecule has 3 fully saturated rings. The number of likely N-dealkylation sites (tertiary alicyclic amines) is 1. The summed E-state index contributed by atoms with van der Waals surface area (Å²) in [5.41, 5.74) is 0. The maximum Gasteiger partial charge on any atom is 0.401 e. The van der Waals surface area contributed by atoms with E-state index in [2.05, 4.69) is 5.32 Å². The van der Waals surface area contributed by atoms with Crippen molar-refractivity contribution in [3.05, 3.63) is 0 Å². The normalized spacial score (nSPS) is 39.3.